The predicted octanol–water partition coefficient (Wildman–Crippen LogP) is 0.467. The summed E-state index contributed by atoms with van der Waals surface area (Å²) in [5.74, 6) is 0.0296. The molecule has 0 bridgehead atoms. The SMILES string of the molecule is O=S(=O)(CCc1ccccn1)NCc1cn[nH]c1. The Morgan fingerprint density at radius 1 is 1.33 bits per heavy atom. The van der Waals surface area contributed by atoms with E-state index in [0.717, 1.165) is 11.3 Å². The van der Waals surface area contributed by atoms with Crippen LogP contribution in [0.5, 0.6) is 0 Å². The highest BCUT2D eigenvalue weighted by molar-refractivity contribution is 7.89. The lowest BCUT2D eigenvalue weighted by Gasteiger charge is -2.05. The third-order valence-electron chi connectivity index (χ3n) is 2.40. The van der Waals surface area contributed by atoms with Gasteiger partial charge in [0.1, 0.15) is 0 Å². The van der Waals surface area contributed by atoms with Gasteiger partial charge in [-0.1, -0.05) is 6.07 Å². The molecule has 0 atom stereocenters. The summed E-state index contributed by atoms with van der Waals surface area (Å²) in [5, 5.41) is 6.38. The zero-order chi connectivity index (χ0) is 12.8. The van der Waals surface area contributed by atoms with Gasteiger partial charge in [-0.15, -0.1) is 0 Å². The van der Waals surface area contributed by atoms with E-state index in [9.17, 15) is 8.42 Å². The van der Waals surface area contributed by atoms with Crippen molar-refractivity contribution in [2.75, 3.05) is 5.75 Å². The van der Waals surface area contributed by atoms with Gasteiger partial charge in [-0.3, -0.25) is 10.1 Å². The Morgan fingerprint density at radius 2 is 2.22 bits per heavy atom. The molecule has 2 N–H and O–H groups in total. The minimum atomic E-state index is -3.29. The van der Waals surface area contributed by atoms with Crippen molar-refractivity contribution in [1.82, 2.24) is 19.9 Å². The van der Waals surface area contributed by atoms with Crippen molar-refractivity contribution in [2.24, 2.45) is 0 Å². The third-order valence-corrected chi connectivity index (χ3v) is 3.73. The summed E-state index contributed by atoms with van der Waals surface area (Å²) in [7, 11) is -3.29. The Hall–Kier alpha value is -1.73. The van der Waals surface area contributed by atoms with Crippen LogP contribution in [0.1, 0.15) is 11.3 Å². The van der Waals surface area contributed by atoms with Crippen molar-refractivity contribution in [3.63, 3.8) is 0 Å². The lowest BCUT2D eigenvalue weighted by molar-refractivity contribution is 0.580. The molecule has 0 saturated heterocycles. The number of aryl methyl sites for hydroxylation is 1. The molecule has 96 valence electrons. The Bertz CT molecular complexity index is 566. The molecule has 2 heterocycles. The Morgan fingerprint density at radius 3 is 2.89 bits per heavy atom. The lowest BCUT2D eigenvalue weighted by Crippen LogP contribution is -2.26. The number of rotatable bonds is 6. The van der Waals surface area contributed by atoms with Crippen LogP contribution in [-0.4, -0.2) is 29.4 Å². The van der Waals surface area contributed by atoms with Crippen molar-refractivity contribution < 1.29 is 8.42 Å². The summed E-state index contributed by atoms with van der Waals surface area (Å²) in [5.41, 5.74) is 1.57. The molecule has 7 heteroatoms. The number of hydrogen-bond donors (Lipinski definition) is 2. The second kappa shape index (κ2) is 5.74. The molecule has 2 rings (SSSR count). The molecule has 0 fully saturated rings. The van der Waals surface area contributed by atoms with E-state index in [1.807, 2.05) is 12.1 Å². The van der Waals surface area contributed by atoms with Crippen LogP contribution in [0.2, 0.25) is 0 Å². The van der Waals surface area contributed by atoms with Crippen LogP contribution in [0, 0.1) is 0 Å². The van der Waals surface area contributed by atoms with Crippen molar-refractivity contribution in [3.05, 3.63) is 48.0 Å². The van der Waals surface area contributed by atoms with Gasteiger partial charge in [0.05, 0.1) is 11.9 Å². The number of hydrogen-bond acceptors (Lipinski definition) is 4. The molecule has 0 unspecified atom stereocenters. The van der Waals surface area contributed by atoms with Gasteiger partial charge in [0.25, 0.3) is 0 Å². The number of sulfonamides is 1. The maximum atomic E-state index is 11.7. The van der Waals surface area contributed by atoms with Gasteiger partial charge in [0.2, 0.25) is 10.0 Å². The van der Waals surface area contributed by atoms with Crippen molar-refractivity contribution in [1.29, 1.82) is 0 Å². The fourth-order valence-corrected chi connectivity index (χ4v) is 2.43. The fourth-order valence-electron chi connectivity index (χ4n) is 1.42. The van der Waals surface area contributed by atoms with Gasteiger partial charge >= 0.3 is 0 Å². The normalized spacial score (nSPS) is 11.6. The molecular formula is C11H14N4O2S. The number of pyridine rings is 1. The highest BCUT2D eigenvalue weighted by Crippen LogP contribution is 1.99. The smallest absolute Gasteiger partial charge is 0.212 e. The van der Waals surface area contributed by atoms with E-state index in [0.29, 0.717) is 6.42 Å². The zero-order valence-electron chi connectivity index (χ0n) is 9.70. The summed E-state index contributed by atoms with van der Waals surface area (Å²) in [6.45, 7) is 0.251. The minimum Gasteiger partial charge on any atom is -0.285 e. The number of aromatic nitrogens is 3. The highest BCUT2D eigenvalue weighted by Gasteiger charge is 2.10. The first-order valence-corrected chi connectivity index (χ1v) is 7.16. The molecule has 0 aliphatic heterocycles. The number of aromatic amines is 1. The number of nitrogens with one attached hydrogen (secondary N) is 2. The van der Waals surface area contributed by atoms with Crippen molar-refractivity contribution in [2.45, 2.75) is 13.0 Å². The minimum absolute atomic E-state index is 0.0296. The van der Waals surface area contributed by atoms with E-state index >= 15 is 0 Å². The summed E-state index contributed by atoms with van der Waals surface area (Å²) < 4.78 is 26.0. The van der Waals surface area contributed by atoms with Crippen LogP contribution >= 0.6 is 0 Å². The highest BCUT2D eigenvalue weighted by atomic mass is 32.2. The Labute approximate surface area is 106 Å². The summed E-state index contributed by atoms with van der Waals surface area (Å²) in [6, 6.07) is 5.45. The second-order valence-electron chi connectivity index (χ2n) is 3.82. The molecule has 0 spiro atoms. The van der Waals surface area contributed by atoms with E-state index in [-0.39, 0.29) is 12.3 Å². The fraction of sp³-hybridized carbons (Fsp3) is 0.273. The van der Waals surface area contributed by atoms with Crippen LogP contribution < -0.4 is 4.72 Å². The lowest BCUT2D eigenvalue weighted by atomic mass is 10.3. The van der Waals surface area contributed by atoms with Crippen LogP contribution in [-0.2, 0) is 23.0 Å². The number of nitrogens with zero attached hydrogens (tertiary/aromatic N) is 2. The average molecular weight is 266 g/mol. The number of H-pyrrole nitrogens is 1. The van der Waals surface area contributed by atoms with E-state index in [2.05, 4.69) is 19.9 Å². The molecular weight excluding hydrogens is 252 g/mol. The van der Waals surface area contributed by atoms with Gasteiger partial charge < -0.3 is 0 Å². The molecule has 0 amide bonds. The molecule has 6 nitrogen and oxygen atoms in total. The topological polar surface area (TPSA) is 87.7 Å². The summed E-state index contributed by atoms with van der Waals surface area (Å²) >= 11 is 0. The molecule has 2 aromatic rings. The van der Waals surface area contributed by atoms with Gasteiger partial charge in [0.15, 0.2) is 0 Å². The maximum Gasteiger partial charge on any atom is 0.212 e. The van der Waals surface area contributed by atoms with Gasteiger partial charge in [-0.25, -0.2) is 13.1 Å². The van der Waals surface area contributed by atoms with Crippen molar-refractivity contribution >= 4 is 10.0 Å². The standard InChI is InChI=1S/C11H14N4O2S/c16-18(17,15-9-10-7-13-14-8-10)6-4-11-3-1-2-5-12-11/h1-3,5,7-8,15H,4,6,9H2,(H,13,14). The monoisotopic (exact) mass is 266 g/mol. The largest absolute Gasteiger partial charge is 0.285 e. The van der Waals surface area contributed by atoms with Gasteiger partial charge in [-0.2, -0.15) is 5.10 Å². The molecule has 0 saturated carbocycles. The van der Waals surface area contributed by atoms with E-state index < -0.39 is 10.0 Å². The van der Waals surface area contributed by atoms with E-state index in [4.69, 9.17) is 0 Å². The van der Waals surface area contributed by atoms with E-state index in [1.54, 1.807) is 24.7 Å². The predicted molar refractivity (Wildman–Crippen MR) is 67.2 cm³/mol. The quantitative estimate of drug-likeness (QED) is 0.795. The average Bonchev–Trinajstić information content (AvgIpc) is 2.89. The van der Waals surface area contributed by atoms with Gasteiger partial charge in [0, 0.05) is 36.6 Å². The summed E-state index contributed by atoms with van der Waals surface area (Å²) in [6.07, 6.45) is 5.30. The van der Waals surface area contributed by atoms with E-state index in [1.165, 1.54) is 0 Å². The molecule has 0 radical (unpaired) electrons. The first kappa shape index (κ1) is 12.7. The molecule has 18 heavy (non-hydrogen) atoms. The Balaban J connectivity index is 1.84. The second-order valence-corrected chi connectivity index (χ2v) is 5.74. The third kappa shape index (κ3) is 3.94. The molecule has 0 aliphatic carbocycles. The molecule has 0 aromatic carbocycles. The summed E-state index contributed by atoms with van der Waals surface area (Å²) in [4.78, 5) is 4.08. The molecule has 0 aliphatic rings. The zero-order valence-corrected chi connectivity index (χ0v) is 10.5. The maximum absolute atomic E-state index is 11.7. The Kier molecular flexibility index (Phi) is 4.06. The van der Waals surface area contributed by atoms with Crippen LogP contribution in [0.3, 0.4) is 0 Å². The van der Waals surface area contributed by atoms with Gasteiger partial charge in [-0.05, 0) is 12.1 Å². The molecule has 2 aromatic heterocycles. The van der Waals surface area contributed by atoms with Crippen LogP contribution in [0.15, 0.2) is 36.8 Å². The van der Waals surface area contributed by atoms with Crippen LogP contribution in [0.4, 0.5) is 0 Å². The van der Waals surface area contributed by atoms with Crippen molar-refractivity contribution in [3.8, 4) is 0 Å². The first-order valence-electron chi connectivity index (χ1n) is 5.51. The van der Waals surface area contributed by atoms with Crippen LogP contribution in [0.25, 0.3) is 0 Å². The first-order chi connectivity index (χ1) is 8.66.